The van der Waals surface area contributed by atoms with E-state index in [0.717, 1.165) is 45.2 Å². The SMILES string of the molecule is CC(C=C[C@@H]1C[C@](O)(CCl)CC(C)(C)O1)=CCC1CCC(NC(=O)C=CC(C)OC(=O)N2CCN(C3CCCCCC3)CC2)CC1. The van der Waals surface area contributed by atoms with E-state index in [0.29, 0.717) is 37.9 Å². The molecule has 3 atom stereocenters. The number of halogens is 1. The number of hydrogen-bond donors (Lipinski definition) is 2. The molecular formula is C37H60ClN3O5. The summed E-state index contributed by atoms with van der Waals surface area (Å²) >= 11 is 6.06. The van der Waals surface area contributed by atoms with Gasteiger partial charge < -0.3 is 24.8 Å². The summed E-state index contributed by atoms with van der Waals surface area (Å²) in [7, 11) is 0. The van der Waals surface area contributed by atoms with E-state index >= 15 is 0 Å². The van der Waals surface area contributed by atoms with E-state index in [1.165, 1.54) is 50.2 Å². The first-order valence-corrected chi connectivity index (χ1v) is 18.5. The summed E-state index contributed by atoms with van der Waals surface area (Å²) < 4.78 is 11.8. The van der Waals surface area contributed by atoms with Gasteiger partial charge in [-0.05, 0) is 84.6 Å². The zero-order valence-electron chi connectivity index (χ0n) is 28.9. The lowest BCUT2D eigenvalue weighted by molar-refractivity contribution is -0.160. The van der Waals surface area contributed by atoms with Gasteiger partial charge in [-0.2, -0.15) is 0 Å². The number of amides is 2. The fourth-order valence-electron chi connectivity index (χ4n) is 7.80. The highest BCUT2D eigenvalue weighted by atomic mass is 35.5. The number of allylic oxidation sites excluding steroid dienone is 3. The second kappa shape index (κ2) is 17.5. The number of rotatable bonds is 10. The molecule has 2 N–H and O–H groups in total. The minimum Gasteiger partial charge on any atom is -0.442 e. The maximum atomic E-state index is 12.7. The van der Waals surface area contributed by atoms with Crippen LogP contribution < -0.4 is 5.32 Å². The predicted molar refractivity (Wildman–Crippen MR) is 185 cm³/mol. The van der Waals surface area contributed by atoms with Gasteiger partial charge in [-0.3, -0.25) is 9.69 Å². The van der Waals surface area contributed by atoms with Crippen molar-refractivity contribution in [3.8, 4) is 0 Å². The third-order valence-electron chi connectivity index (χ3n) is 10.3. The monoisotopic (exact) mass is 661 g/mol. The highest BCUT2D eigenvalue weighted by Crippen LogP contribution is 2.37. The smallest absolute Gasteiger partial charge is 0.410 e. The minimum atomic E-state index is -0.894. The number of aliphatic hydroxyl groups is 1. The molecule has 4 fully saturated rings. The lowest BCUT2D eigenvalue weighted by Gasteiger charge is -2.44. The minimum absolute atomic E-state index is 0.126. The Morgan fingerprint density at radius 3 is 2.35 bits per heavy atom. The first-order chi connectivity index (χ1) is 21.9. The molecule has 0 spiro atoms. The molecule has 2 aliphatic heterocycles. The van der Waals surface area contributed by atoms with Crippen molar-refractivity contribution in [3.63, 3.8) is 0 Å². The topological polar surface area (TPSA) is 91.3 Å². The van der Waals surface area contributed by atoms with Crippen LogP contribution in [0.2, 0.25) is 0 Å². The van der Waals surface area contributed by atoms with E-state index in [1.54, 1.807) is 11.0 Å². The molecule has 0 radical (unpaired) electrons. The molecule has 0 aromatic rings. The molecule has 8 nitrogen and oxygen atoms in total. The summed E-state index contributed by atoms with van der Waals surface area (Å²) in [6, 6.07) is 0.843. The molecule has 2 saturated carbocycles. The van der Waals surface area contributed by atoms with Gasteiger partial charge in [0.2, 0.25) is 5.91 Å². The summed E-state index contributed by atoms with van der Waals surface area (Å²) in [6.07, 6.45) is 22.8. The van der Waals surface area contributed by atoms with Crippen LogP contribution in [-0.4, -0.2) is 94.5 Å². The van der Waals surface area contributed by atoms with E-state index < -0.39 is 17.3 Å². The van der Waals surface area contributed by atoms with Crippen molar-refractivity contribution < 1.29 is 24.2 Å². The van der Waals surface area contributed by atoms with Crippen LogP contribution in [-0.2, 0) is 14.3 Å². The number of nitrogens with zero attached hydrogens (tertiary/aromatic N) is 2. The number of piperazine rings is 1. The molecule has 46 heavy (non-hydrogen) atoms. The molecule has 260 valence electrons. The summed E-state index contributed by atoms with van der Waals surface area (Å²) in [6.45, 7) is 11.1. The Bertz CT molecular complexity index is 1070. The van der Waals surface area contributed by atoms with Crippen molar-refractivity contribution in [2.45, 2.75) is 147 Å². The van der Waals surface area contributed by atoms with Crippen LogP contribution in [0.1, 0.15) is 111 Å². The standard InChI is InChI=1S/C37H60ClN3O5/c1-28(12-19-33-25-37(44,27-38)26-36(3,4)46-33)11-14-30-15-17-31(18-16-30)39-34(42)20-13-29(2)45-35(43)41-23-21-40(22-24-41)32-9-7-5-6-8-10-32/h11-13,19-20,29-33,44H,5-10,14-18,21-27H2,1-4H3,(H,39,42)/t29?,30?,31?,33-,37-/m1/s1. The summed E-state index contributed by atoms with van der Waals surface area (Å²) in [5.74, 6) is 0.690. The Kier molecular flexibility index (Phi) is 14.1. The van der Waals surface area contributed by atoms with Crippen molar-refractivity contribution in [1.29, 1.82) is 0 Å². The van der Waals surface area contributed by atoms with Crippen molar-refractivity contribution in [3.05, 3.63) is 36.0 Å². The highest BCUT2D eigenvalue weighted by Gasteiger charge is 2.42. The Labute approximate surface area is 283 Å². The second-order valence-corrected chi connectivity index (χ2v) is 15.3. The van der Waals surface area contributed by atoms with Gasteiger partial charge in [-0.25, -0.2) is 4.79 Å². The van der Waals surface area contributed by atoms with Gasteiger partial charge >= 0.3 is 6.09 Å². The van der Waals surface area contributed by atoms with E-state index in [9.17, 15) is 14.7 Å². The van der Waals surface area contributed by atoms with Crippen LogP contribution >= 0.6 is 11.6 Å². The normalized spacial score (nSPS) is 31.1. The van der Waals surface area contributed by atoms with Gasteiger partial charge in [0.1, 0.15) is 6.10 Å². The van der Waals surface area contributed by atoms with Crippen molar-refractivity contribution in [2.75, 3.05) is 32.1 Å². The number of nitrogens with one attached hydrogen (secondary N) is 1. The average molecular weight is 662 g/mol. The molecule has 4 aliphatic rings. The summed E-state index contributed by atoms with van der Waals surface area (Å²) in [5.41, 5.74) is -0.116. The molecule has 4 rings (SSSR count). The number of carbonyl (C=O) groups excluding carboxylic acids is 2. The van der Waals surface area contributed by atoms with E-state index in [-0.39, 0.29) is 30.0 Å². The number of alkyl halides is 1. The largest absolute Gasteiger partial charge is 0.442 e. The van der Waals surface area contributed by atoms with Crippen LogP contribution in [0, 0.1) is 5.92 Å². The summed E-state index contributed by atoms with van der Waals surface area (Å²) in [4.78, 5) is 29.7. The molecule has 9 heteroatoms. The lowest BCUT2D eigenvalue weighted by atomic mass is 9.82. The van der Waals surface area contributed by atoms with Crippen LogP contribution in [0.5, 0.6) is 0 Å². The van der Waals surface area contributed by atoms with Gasteiger partial charge in [0.05, 0.1) is 23.2 Å². The van der Waals surface area contributed by atoms with Crippen LogP contribution in [0.25, 0.3) is 0 Å². The fraction of sp³-hybridized carbons (Fsp3) is 0.784. The Hall–Kier alpha value is -1.87. The van der Waals surface area contributed by atoms with Gasteiger partial charge in [-0.1, -0.05) is 49.5 Å². The van der Waals surface area contributed by atoms with Crippen LogP contribution in [0.15, 0.2) is 36.0 Å². The maximum Gasteiger partial charge on any atom is 0.410 e. The van der Waals surface area contributed by atoms with Crippen LogP contribution in [0.4, 0.5) is 4.79 Å². The predicted octanol–water partition coefficient (Wildman–Crippen LogP) is 6.90. The average Bonchev–Trinajstić information content (AvgIpc) is 3.31. The Morgan fingerprint density at radius 1 is 1.02 bits per heavy atom. The molecule has 2 saturated heterocycles. The molecule has 1 unspecified atom stereocenters. The van der Waals surface area contributed by atoms with Crippen LogP contribution in [0.3, 0.4) is 0 Å². The number of ether oxygens (including phenoxy) is 2. The number of hydrogen-bond acceptors (Lipinski definition) is 6. The van der Waals surface area contributed by atoms with Crippen molar-refractivity contribution in [2.24, 2.45) is 5.92 Å². The highest BCUT2D eigenvalue weighted by molar-refractivity contribution is 6.18. The molecule has 2 heterocycles. The van der Waals surface area contributed by atoms with Gasteiger partial charge in [0.25, 0.3) is 0 Å². The summed E-state index contributed by atoms with van der Waals surface area (Å²) in [5, 5.41) is 13.9. The number of carbonyl (C=O) groups is 2. The Morgan fingerprint density at radius 2 is 1.70 bits per heavy atom. The zero-order chi connectivity index (χ0) is 33.2. The lowest BCUT2D eigenvalue weighted by Crippen LogP contribution is -2.52. The van der Waals surface area contributed by atoms with Gasteiger partial charge in [-0.15, -0.1) is 11.6 Å². The molecule has 2 amide bonds. The van der Waals surface area contributed by atoms with E-state index in [4.69, 9.17) is 21.1 Å². The van der Waals surface area contributed by atoms with Gasteiger partial charge in [0.15, 0.2) is 0 Å². The third-order valence-corrected chi connectivity index (χ3v) is 10.8. The zero-order valence-corrected chi connectivity index (χ0v) is 29.6. The molecular weight excluding hydrogens is 602 g/mol. The molecule has 0 aromatic heterocycles. The Balaban J connectivity index is 1.10. The van der Waals surface area contributed by atoms with Crippen molar-refractivity contribution in [1.82, 2.24) is 15.1 Å². The van der Waals surface area contributed by atoms with Crippen molar-refractivity contribution >= 4 is 23.6 Å². The quantitative estimate of drug-likeness (QED) is 0.115. The first-order valence-electron chi connectivity index (χ1n) is 17.9. The van der Waals surface area contributed by atoms with E-state index in [2.05, 4.69) is 29.3 Å². The second-order valence-electron chi connectivity index (χ2n) is 15.0. The first kappa shape index (κ1) is 37.0. The molecule has 0 bridgehead atoms. The van der Waals surface area contributed by atoms with E-state index in [1.807, 2.05) is 26.8 Å². The maximum absolute atomic E-state index is 12.7. The molecule has 2 aliphatic carbocycles. The fourth-order valence-corrected chi connectivity index (χ4v) is 8.00. The third kappa shape index (κ3) is 12.0. The molecule has 0 aromatic carbocycles. The van der Waals surface area contributed by atoms with Gasteiger partial charge in [0, 0.05) is 57.2 Å².